The van der Waals surface area contributed by atoms with Gasteiger partial charge in [0.1, 0.15) is 5.60 Å². The Balaban J connectivity index is 0.000000208. The van der Waals surface area contributed by atoms with Crippen molar-refractivity contribution >= 4 is 35.4 Å². The van der Waals surface area contributed by atoms with Gasteiger partial charge in [-0.15, -0.1) is 0 Å². The maximum absolute atomic E-state index is 13.1. The van der Waals surface area contributed by atoms with Crippen molar-refractivity contribution in [3.8, 4) is 0 Å². The average Bonchev–Trinajstić information content (AvgIpc) is 4.05. The van der Waals surface area contributed by atoms with Gasteiger partial charge < -0.3 is 38.9 Å². The fraction of sp³-hybridized carbons (Fsp3) is 0.577. The Bertz CT molecular complexity index is 2450. The van der Waals surface area contributed by atoms with Crippen molar-refractivity contribution in [1.82, 2.24) is 39.2 Å². The summed E-state index contributed by atoms with van der Waals surface area (Å²) in [5, 5.41) is 17.1. The molecular formula is C52H74N10O8. The van der Waals surface area contributed by atoms with Crippen LogP contribution in [0.5, 0.6) is 0 Å². The predicted octanol–water partition coefficient (Wildman–Crippen LogP) is 6.62. The maximum atomic E-state index is 13.1. The summed E-state index contributed by atoms with van der Waals surface area (Å²) in [5.41, 5.74) is 7.05. The number of carboxylic acid groups (broad SMARTS) is 1. The monoisotopic (exact) mass is 967 g/mol. The molecule has 8 rings (SSSR count). The van der Waals surface area contributed by atoms with Crippen molar-refractivity contribution < 1.29 is 38.5 Å². The fourth-order valence-corrected chi connectivity index (χ4v) is 9.53. The normalized spacial score (nSPS) is 18.4. The van der Waals surface area contributed by atoms with Crippen molar-refractivity contribution in [3.05, 3.63) is 94.6 Å². The first-order valence-corrected chi connectivity index (χ1v) is 24.7. The number of carboxylic acids is 1. The highest BCUT2D eigenvalue weighted by Crippen LogP contribution is 2.34. The Morgan fingerprint density at radius 2 is 1.01 bits per heavy atom. The molecule has 380 valence electrons. The average molecular weight is 967 g/mol. The van der Waals surface area contributed by atoms with E-state index < -0.39 is 17.5 Å². The number of aromatic carboxylic acids is 1. The SMILES string of the molecule is Cc1ccc(CN(C)C2(C)CCN(C(=O)n3ccc(C(=O)O)n3)CC2)c(N2CCOCC2)c1.Cc1ccc(CN(C)C2(C)CCN(C(=O)n3ccc(C(=O)OC(C)(C)C)n3)CC2)c(N2CCOCC2)c1. The van der Waals surface area contributed by atoms with Gasteiger partial charge in [0.25, 0.3) is 0 Å². The number of nitrogens with zero attached hydrogens (tertiary/aromatic N) is 10. The standard InChI is InChI=1S/C28H41N5O4.C24H33N5O4/c1-21-7-8-22(24(19-21)31-15-17-36-18-16-31)20-30(6)28(5)10-13-32(14-11-28)26(35)33-12-9-23(29-33)25(34)37-27(2,3)4;1-18-4-5-19(21(16-18)27-12-14-33-15-13-27)17-26(3)24(2)7-10-28(11-8-24)23(32)29-9-6-20(25-29)22(30)31/h7-9,12,19H,10-11,13-18,20H2,1-6H3;4-6,9,16H,7-8,10-15,17H2,1-3H3,(H,30,31). The van der Waals surface area contributed by atoms with E-state index in [0.717, 1.165) is 96.1 Å². The molecule has 4 saturated heterocycles. The van der Waals surface area contributed by atoms with E-state index in [1.54, 1.807) is 25.7 Å². The Hall–Kier alpha value is -5.82. The van der Waals surface area contributed by atoms with Crippen LogP contribution in [0.1, 0.15) is 104 Å². The van der Waals surface area contributed by atoms with Gasteiger partial charge in [-0.1, -0.05) is 24.3 Å². The van der Waals surface area contributed by atoms with E-state index in [2.05, 4.69) is 108 Å². The number of aryl methyl sites for hydroxylation is 2. The zero-order valence-corrected chi connectivity index (χ0v) is 42.8. The highest BCUT2D eigenvalue weighted by Gasteiger charge is 2.38. The first-order chi connectivity index (χ1) is 33.2. The number of likely N-dealkylation sites (tertiary alicyclic amines) is 2. The number of benzene rings is 2. The van der Waals surface area contributed by atoms with E-state index in [1.807, 2.05) is 4.90 Å². The van der Waals surface area contributed by atoms with Crippen molar-refractivity contribution in [2.45, 2.75) is 104 Å². The number of rotatable bonds is 10. The summed E-state index contributed by atoms with van der Waals surface area (Å²) in [6.07, 6.45) is 6.33. The highest BCUT2D eigenvalue weighted by atomic mass is 16.6. The van der Waals surface area contributed by atoms with Crippen LogP contribution in [0.4, 0.5) is 21.0 Å². The molecule has 0 aliphatic carbocycles. The lowest BCUT2D eigenvalue weighted by molar-refractivity contribution is 0.00619. The zero-order valence-electron chi connectivity index (χ0n) is 42.8. The summed E-state index contributed by atoms with van der Waals surface area (Å²) >= 11 is 0. The van der Waals surface area contributed by atoms with Crippen molar-refractivity contribution in [1.29, 1.82) is 0 Å². The molecule has 6 heterocycles. The molecule has 0 spiro atoms. The topological polar surface area (TPSA) is 171 Å². The van der Waals surface area contributed by atoms with E-state index in [9.17, 15) is 19.2 Å². The van der Waals surface area contributed by atoms with Crippen LogP contribution in [-0.4, -0.2) is 178 Å². The molecule has 0 unspecified atom stereocenters. The molecule has 2 aromatic heterocycles. The summed E-state index contributed by atoms with van der Waals surface area (Å²) in [7, 11) is 4.34. The molecule has 18 nitrogen and oxygen atoms in total. The lowest BCUT2D eigenvalue weighted by Crippen LogP contribution is -2.53. The molecule has 70 heavy (non-hydrogen) atoms. The van der Waals surface area contributed by atoms with Crippen LogP contribution in [0, 0.1) is 13.8 Å². The molecule has 2 aromatic carbocycles. The van der Waals surface area contributed by atoms with Gasteiger partial charge in [0.2, 0.25) is 0 Å². The quantitative estimate of drug-likeness (QED) is 0.168. The predicted molar refractivity (Wildman–Crippen MR) is 268 cm³/mol. The second kappa shape index (κ2) is 22.1. The van der Waals surface area contributed by atoms with Gasteiger partial charge in [-0.2, -0.15) is 19.6 Å². The van der Waals surface area contributed by atoms with Gasteiger partial charge in [0.05, 0.1) is 26.4 Å². The molecule has 0 saturated carbocycles. The zero-order chi connectivity index (χ0) is 50.4. The minimum Gasteiger partial charge on any atom is -0.476 e. The van der Waals surface area contributed by atoms with Gasteiger partial charge in [-0.05, 0) is 135 Å². The number of ether oxygens (including phenoxy) is 3. The fourth-order valence-electron chi connectivity index (χ4n) is 9.53. The van der Waals surface area contributed by atoms with Crippen molar-refractivity contribution in [2.75, 3.05) is 103 Å². The van der Waals surface area contributed by atoms with Gasteiger partial charge in [-0.25, -0.2) is 19.2 Å². The molecule has 1 N–H and O–H groups in total. The third-order valence-electron chi connectivity index (χ3n) is 14.5. The molecule has 0 bridgehead atoms. The van der Waals surface area contributed by atoms with Gasteiger partial charge in [0.15, 0.2) is 11.4 Å². The Morgan fingerprint density at radius 3 is 1.39 bits per heavy atom. The number of carbonyl (C=O) groups is 4. The smallest absolute Gasteiger partial charge is 0.359 e. The van der Waals surface area contributed by atoms with E-state index in [4.69, 9.17) is 19.3 Å². The number of morpholine rings is 2. The second-order valence-electron chi connectivity index (χ2n) is 20.8. The van der Waals surface area contributed by atoms with Crippen LogP contribution < -0.4 is 9.80 Å². The third kappa shape index (κ3) is 12.7. The van der Waals surface area contributed by atoms with Gasteiger partial charge >= 0.3 is 24.0 Å². The lowest BCUT2D eigenvalue weighted by Gasteiger charge is -2.45. The first kappa shape index (κ1) is 52.0. The summed E-state index contributed by atoms with van der Waals surface area (Å²) < 4.78 is 18.8. The number of anilines is 2. The second-order valence-corrected chi connectivity index (χ2v) is 20.8. The molecule has 4 aliphatic rings. The Morgan fingerprint density at radius 1 is 0.629 bits per heavy atom. The van der Waals surface area contributed by atoms with Crippen molar-refractivity contribution in [2.24, 2.45) is 0 Å². The minimum atomic E-state index is -1.14. The summed E-state index contributed by atoms with van der Waals surface area (Å²) in [4.78, 5) is 62.4. The number of amides is 2. The van der Waals surface area contributed by atoms with Crippen molar-refractivity contribution in [3.63, 3.8) is 0 Å². The van der Waals surface area contributed by atoms with E-state index in [1.165, 1.54) is 62.8 Å². The van der Waals surface area contributed by atoms with Crippen LogP contribution >= 0.6 is 0 Å². The van der Waals surface area contributed by atoms with Crippen LogP contribution in [-0.2, 0) is 27.3 Å². The number of piperidine rings is 2. The number of aromatic nitrogens is 4. The summed E-state index contributed by atoms with van der Waals surface area (Å²) in [5.74, 6) is -1.67. The third-order valence-corrected chi connectivity index (χ3v) is 14.5. The lowest BCUT2D eigenvalue weighted by atomic mass is 9.87. The van der Waals surface area contributed by atoms with E-state index in [0.29, 0.717) is 26.2 Å². The first-order valence-electron chi connectivity index (χ1n) is 24.7. The summed E-state index contributed by atoms with van der Waals surface area (Å²) in [6, 6.07) is 15.8. The highest BCUT2D eigenvalue weighted by molar-refractivity contribution is 5.88. The largest absolute Gasteiger partial charge is 0.476 e. The molecule has 18 heteroatoms. The van der Waals surface area contributed by atoms with Crippen LogP contribution in [0.25, 0.3) is 0 Å². The molecule has 4 aliphatic heterocycles. The number of carbonyl (C=O) groups excluding carboxylic acids is 3. The summed E-state index contributed by atoms with van der Waals surface area (Å²) in [6.45, 7) is 25.1. The molecule has 0 atom stereocenters. The number of hydrogen-bond donors (Lipinski definition) is 1. The number of esters is 1. The van der Waals surface area contributed by atoms with Gasteiger partial charge in [0, 0.05) is 100 Å². The molecule has 4 aromatic rings. The Kier molecular flexibility index (Phi) is 16.4. The molecule has 2 amide bonds. The van der Waals surface area contributed by atoms with Crippen LogP contribution in [0.2, 0.25) is 0 Å². The van der Waals surface area contributed by atoms with Crippen LogP contribution in [0.3, 0.4) is 0 Å². The minimum absolute atomic E-state index is 0.0320. The molecular weight excluding hydrogens is 893 g/mol. The van der Waals surface area contributed by atoms with E-state index >= 15 is 0 Å². The van der Waals surface area contributed by atoms with E-state index in [-0.39, 0.29) is 34.5 Å². The Labute approximate surface area is 413 Å². The van der Waals surface area contributed by atoms with Gasteiger partial charge in [-0.3, -0.25) is 9.80 Å². The maximum Gasteiger partial charge on any atom is 0.359 e. The number of hydrogen-bond acceptors (Lipinski definition) is 13. The van der Waals surface area contributed by atoms with Crippen LogP contribution in [0.15, 0.2) is 60.9 Å². The molecule has 4 fully saturated rings. The molecule has 0 radical (unpaired) electrons.